The molecule has 2 aromatic heterocycles. The molecule has 2 heterocycles. The topological polar surface area (TPSA) is 124 Å². The molecule has 4 aromatic carbocycles. The number of hydrogen-bond acceptors (Lipinski definition) is 5. The Hall–Kier alpha value is -5.08. The number of hydrogen-bond donors (Lipinski definition) is 4. The van der Waals surface area contributed by atoms with Gasteiger partial charge in [-0.1, -0.05) is 130 Å². The standard InChI is InChI=1S/C58H73N5O3/c1-35-14-10-12-28-57(35,8)50(65)34-44(55(2,3)4)52-59-45-26-24-40(32-47(45)61-52)42-30-36-16-20-38(42)21-17-37-19-23-39(22-18-36)43(31-37)41-25-27-46-48(33-41)62-53(60-46)51(56(5,6)7)63-54(66)58(9)29-13-11-15-49(58)64/h16,19-20,23-27,30-33,35,44,49,51,64H,10-15,17-18,21-22,28-29,34H2,1-9H3,(H,59,61)(H,60,62)(H,63,66)/t35?,44-,49?,51-,57?,58?/m1/s1. The van der Waals surface area contributed by atoms with Crippen LogP contribution in [0.1, 0.15) is 166 Å². The number of nitrogens with one attached hydrogen (secondary N) is 3. The Morgan fingerprint density at radius 2 is 1.21 bits per heavy atom. The minimum Gasteiger partial charge on any atom is -0.392 e. The molecule has 0 saturated heterocycles. The van der Waals surface area contributed by atoms with Crippen molar-refractivity contribution in [1.82, 2.24) is 25.3 Å². The normalized spacial score (nSPS) is 23.7. The molecule has 6 aromatic rings. The Kier molecular flexibility index (Phi) is 12.2. The number of aromatic nitrogens is 4. The van der Waals surface area contributed by atoms with Crippen LogP contribution in [0.15, 0.2) is 72.8 Å². The predicted octanol–water partition coefficient (Wildman–Crippen LogP) is 13.1. The first-order valence-corrected chi connectivity index (χ1v) is 25.1. The molecule has 348 valence electrons. The van der Waals surface area contributed by atoms with E-state index in [4.69, 9.17) is 9.97 Å². The number of rotatable bonds is 9. The highest BCUT2D eigenvalue weighted by Crippen LogP contribution is 2.47. The van der Waals surface area contributed by atoms with Gasteiger partial charge in [0.25, 0.3) is 0 Å². The summed E-state index contributed by atoms with van der Waals surface area (Å²) in [5.41, 5.74) is 12.4. The van der Waals surface area contributed by atoms with Crippen molar-refractivity contribution in [3.8, 4) is 22.3 Å². The van der Waals surface area contributed by atoms with Crippen molar-refractivity contribution in [3.05, 3.63) is 107 Å². The Labute approximate surface area is 392 Å². The van der Waals surface area contributed by atoms with Gasteiger partial charge in [-0.2, -0.15) is 0 Å². The van der Waals surface area contributed by atoms with E-state index in [1.54, 1.807) is 0 Å². The molecule has 6 aliphatic carbocycles. The number of imidazole rings is 2. The van der Waals surface area contributed by atoms with Crippen LogP contribution in [0.3, 0.4) is 0 Å². The smallest absolute Gasteiger partial charge is 0.229 e. The molecule has 6 atom stereocenters. The monoisotopic (exact) mass is 888 g/mol. The van der Waals surface area contributed by atoms with Gasteiger partial charge in [0.2, 0.25) is 5.91 Å². The van der Waals surface area contributed by atoms with Gasteiger partial charge in [0.15, 0.2) is 0 Å². The molecule has 0 radical (unpaired) electrons. The minimum absolute atomic E-state index is 0.00256. The molecule has 2 fully saturated rings. The van der Waals surface area contributed by atoms with Gasteiger partial charge in [-0.3, -0.25) is 9.59 Å². The number of ketones is 1. The van der Waals surface area contributed by atoms with Crippen LogP contribution in [0.25, 0.3) is 44.3 Å². The lowest BCUT2D eigenvalue weighted by Gasteiger charge is -2.40. The Bertz CT molecular complexity index is 2590. The quantitative estimate of drug-likeness (QED) is 0.115. The number of aryl methyl sites for hydroxylation is 4. The van der Waals surface area contributed by atoms with Gasteiger partial charge >= 0.3 is 0 Å². The molecule has 1 amide bonds. The Morgan fingerprint density at radius 3 is 1.74 bits per heavy atom. The molecule has 4 bridgehead atoms. The van der Waals surface area contributed by atoms with Gasteiger partial charge in [-0.05, 0) is 144 Å². The van der Waals surface area contributed by atoms with Gasteiger partial charge < -0.3 is 20.4 Å². The van der Waals surface area contributed by atoms with Crippen LogP contribution < -0.4 is 5.32 Å². The number of fused-ring (bicyclic) bond motifs is 2. The zero-order chi connectivity index (χ0) is 46.8. The second-order valence-electron chi connectivity index (χ2n) is 23.3. The summed E-state index contributed by atoms with van der Waals surface area (Å²) in [5.74, 6) is 2.34. The first kappa shape index (κ1) is 46.0. The van der Waals surface area contributed by atoms with Crippen LogP contribution in [0.4, 0.5) is 0 Å². The lowest BCUT2D eigenvalue weighted by atomic mass is 9.63. The maximum atomic E-state index is 14.1. The van der Waals surface area contributed by atoms with Crippen molar-refractivity contribution in [2.45, 2.75) is 164 Å². The summed E-state index contributed by atoms with van der Waals surface area (Å²) in [6.45, 7) is 19.5. The molecular weight excluding hydrogens is 815 g/mol. The first-order valence-electron chi connectivity index (χ1n) is 25.1. The van der Waals surface area contributed by atoms with Crippen molar-refractivity contribution in [2.75, 3.05) is 0 Å². The second-order valence-corrected chi connectivity index (χ2v) is 23.3. The van der Waals surface area contributed by atoms with Crippen LogP contribution in [0, 0.1) is 27.6 Å². The number of nitrogens with zero attached hydrogens (tertiary/aromatic N) is 2. The van der Waals surface area contributed by atoms with Crippen molar-refractivity contribution in [1.29, 1.82) is 0 Å². The van der Waals surface area contributed by atoms with E-state index >= 15 is 0 Å². The minimum atomic E-state index is -0.808. The van der Waals surface area contributed by atoms with E-state index in [-0.39, 0.29) is 34.1 Å². The maximum absolute atomic E-state index is 14.1. The summed E-state index contributed by atoms with van der Waals surface area (Å²) in [7, 11) is 0. The van der Waals surface area contributed by atoms with Gasteiger partial charge in [0, 0.05) is 17.8 Å². The second kappa shape index (κ2) is 17.5. The van der Waals surface area contributed by atoms with Crippen molar-refractivity contribution in [2.24, 2.45) is 27.6 Å². The van der Waals surface area contributed by atoms with Gasteiger partial charge in [-0.25, -0.2) is 9.97 Å². The molecule has 6 aliphatic rings. The van der Waals surface area contributed by atoms with Crippen LogP contribution in [-0.4, -0.2) is 42.8 Å². The van der Waals surface area contributed by atoms with Gasteiger partial charge in [-0.15, -0.1) is 0 Å². The highest BCUT2D eigenvalue weighted by Gasteiger charge is 2.45. The fourth-order valence-electron chi connectivity index (χ4n) is 11.5. The fourth-order valence-corrected chi connectivity index (χ4v) is 11.5. The summed E-state index contributed by atoms with van der Waals surface area (Å²) in [6.07, 6.45) is 11.2. The highest BCUT2D eigenvalue weighted by molar-refractivity contribution is 5.87. The lowest BCUT2D eigenvalue weighted by Crippen LogP contribution is -2.51. The molecule has 0 aliphatic heterocycles. The number of Topliss-reactive ketones (excluding diaryl/α,β-unsaturated/α-hetero) is 1. The van der Waals surface area contributed by atoms with E-state index in [0.29, 0.717) is 31.0 Å². The average Bonchev–Trinajstić information content (AvgIpc) is 3.90. The number of H-pyrrole nitrogens is 2. The third kappa shape index (κ3) is 8.91. The SMILES string of the molecule is CC1CCCCC1(C)C(=O)C[C@H](c1nc2ccc(-c3cc4ccc3CCc3ccc(c(-c5ccc6nc([C@@H](NC(=O)C7(C)CCCCC7O)C(C)(C)C)[nH]c6c5)c3)CC4)cc2[nH]1)C(C)(C)C. The third-order valence-electron chi connectivity index (χ3n) is 16.5. The van der Waals surface area contributed by atoms with Crippen LogP contribution in [0.5, 0.6) is 0 Å². The molecular formula is C58H73N5O3. The number of carbonyl (C=O) groups excluding carboxylic acids is 2. The number of carbonyl (C=O) groups is 2. The molecule has 2 saturated carbocycles. The summed E-state index contributed by atoms with van der Waals surface area (Å²) in [4.78, 5) is 45.5. The Balaban J connectivity index is 0.964. The van der Waals surface area contributed by atoms with E-state index in [1.807, 2.05) is 6.92 Å². The van der Waals surface area contributed by atoms with Crippen LogP contribution in [0.2, 0.25) is 0 Å². The Morgan fingerprint density at radius 1 is 0.682 bits per heavy atom. The zero-order valence-electron chi connectivity index (χ0n) is 41.1. The predicted molar refractivity (Wildman–Crippen MR) is 268 cm³/mol. The number of aliphatic hydroxyl groups is 1. The zero-order valence-corrected chi connectivity index (χ0v) is 41.1. The number of aromatic amines is 2. The molecule has 8 heteroatoms. The fraction of sp³-hybridized carbons (Fsp3) is 0.517. The maximum Gasteiger partial charge on any atom is 0.229 e. The average molecular weight is 888 g/mol. The van der Waals surface area contributed by atoms with Gasteiger partial charge in [0.05, 0.1) is 39.6 Å². The van der Waals surface area contributed by atoms with Crippen molar-refractivity contribution < 1.29 is 14.7 Å². The summed E-state index contributed by atoms with van der Waals surface area (Å²) < 4.78 is 0. The molecule has 4 unspecified atom stereocenters. The summed E-state index contributed by atoms with van der Waals surface area (Å²) >= 11 is 0. The molecule has 0 spiro atoms. The van der Waals surface area contributed by atoms with E-state index in [1.165, 1.54) is 45.4 Å². The molecule has 66 heavy (non-hydrogen) atoms. The first-order chi connectivity index (χ1) is 31.3. The van der Waals surface area contributed by atoms with Crippen molar-refractivity contribution >= 4 is 33.8 Å². The van der Waals surface area contributed by atoms with Crippen LogP contribution in [-0.2, 0) is 35.3 Å². The van der Waals surface area contributed by atoms with E-state index in [9.17, 15) is 14.7 Å². The molecule has 12 rings (SSSR count). The van der Waals surface area contributed by atoms with E-state index in [2.05, 4.69) is 143 Å². The van der Waals surface area contributed by atoms with E-state index < -0.39 is 11.5 Å². The summed E-state index contributed by atoms with van der Waals surface area (Å²) in [6, 6.07) is 26.9. The van der Waals surface area contributed by atoms with E-state index in [0.717, 1.165) is 97.1 Å². The number of benzene rings is 4. The highest BCUT2D eigenvalue weighted by atomic mass is 16.3. The molecule has 4 N–H and O–H groups in total. The number of aliphatic hydroxyl groups excluding tert-OH is 1. The largest absolute Gasteiger partial charge is 0.392 e. The third-order valence-corrected chi connectivity index (χ3v) is 16.5. The van der Waals surface area contributed by atoms with Crippen molar-refractivity contribution in [3.63, 3.8) is 0 Å². The molecule has 8 nitrogen and oxygen atoms in total. The van der Waals surface area contributed by atoms with Gasteiger partial charge in [0.1, 0.15) is 17.4 Å². The number of amides is 1. The lowest BCUT2D eigenvalue weighted by molar-refractivity contribution is -0.141. The van der Waals surface area contributed by atoms with Crippen LogP contribution >= 0.6 is 0 Å². The summed E-state index contributed by atoms with van der Waals surface area (Å²) in [5, 5.41) is 14.2.